The van der Waals surface area contributed by atoms with Crippen LogP contribution in [0.4, 0.5) is 0 Å². The monoisotopic (exact) mass is 669 g/mol. The van der Waals surface area contributed by atoms with E-state index in [9.17, 15) is 9.90 Å². The lowest BCUT2D eigenvalue weighted by Gasteiger charge is -2.60. The number of ether oxygens (including phenoxy) is 5. The molecule has 9 aliphatic rings. The van der Waals surface area contributed by atoms with Crippen molar-refractivity contribution in [3.63, 3.8) is 0 Å². The highest BCUT2D eigenvalue weighted by atomic mass is 16.7. The molecule has 0 bridgehead atoms. The summed E-state index contributed by atoms with van der Waals surface area (Å²) >= 11 is 0. The summed E-state index contributed by atoms with van der Waals surface area (Å²) in [5, 5.41) is 11.2. The van der Waals surface area contributed by atoms with Gasteiger partial charge < -0.3 is 28.8 Å². The Morgan fingerprint density at radius 2 is 1.73 bits per heavy atom. The largest absolute Gasteiger partial charge is 0.456 e. The first-order chi connectivity index (χ1) is 22.9. The van der Waals surface area contributed by atoms with Crippen molar-refractivity contribution in [2.24, 2.45) is 51.2 Å². The van der Waals surface area contributed by atoms with Gasteiger partial charge in [-0.05, 0) is 136 Å². The molecule has 6 aliphatic carbocycles. The topological polar surface area (TPSA) is 86.7 Å². The van der Waals surface area contributed by atoms with E-state index in [-0.39, 0.29) is 41.9 Å². The van der Waals surface area contributed by atoms with Gasteiger partial charge in [-0.2, -0.15) is 0 Å². The molecule has 12 atom stereocenters. The summed E-state index contributed by atoms with van der Waals surface area (Å²) in [5.74, 6) is 2.63. The van der Waals surface area contributed by atoms with Crippen LogP contribution in [0.2, 0.25) is 0 Å². The van der Waals surface area contributed by atoms with Gasteiger partial charge in [0.05, 0.1) is 62.2 Å². The van der Waals surface area contributed by atoms with Crippen molar-refractivity contribution < 1.29 is 33.6 Å². The molecule has 1 N–H and O–H groups in total. The van der Waals surface area contributed by atoms with E-state index in [1.54, 1.807) is 13.8 Å². The van der Waals surface area contributed by atoms with Gasteiger partial charge in [0.2, 0.25) is 0 Å². The first-order valence-corrected chi connectivity index (χ1v) is 20.0. The molecule has 0 aromatic carbocycles. The molecular weight excluding hydrogens is 606 g/mol. The van der Waals surface area contributed by atoms with Crippen molar-refractivity contribution in [1.82, 2.24) is 4.90 Å². The fraction of sp³-hybridized carbons (Fsp3) is 0.975. The fourth-order valence-electron chi connectivity index (χ4n) is 13.9. The number of carbonyl (C=O) groups is 1. The number of hydrogen-bond donors (Lipinski definition) is 1. The van der Waals surface area contributed by atoms with E-state index in [4.69, 9.17) is 23.7 Å². The van der Waals surface area contributed by atoms with Crippen LogP contribution in [0.3, 0.4) is 0 Å². The van der Waals surface area contributed by atoms with Gasteiger partial charge in [-0.1, -0.05) is 27.2 Å². The van der Waals surface area contributed by atoms with Crippen LogP contribution in [0, 0.1) is 51.2 Å². The van der Waals surface area contributed by atoms with E-state index < -0.39 is 11.7 Å². The lowest BCUT2D eigenvalue weighted by Crippen LogP contribution is -2.58. The second-order valence-corrected chi connectivity index (χ2v) is 19.6. The summed E-state index contributed by atoms with van der Waals surface area (Å²) in [6.07, 6.45) is 14.8. The first kappa shape index (κ1) is 33.1. The van der Waals surface area contributed by atoms with Crippen molar-refractivity contribution >= 4 is 5.97 Å². The molecule has 48 heavy (non-hydrogen) atoms. The summed E-state index contributed by atoms with van der Waals surface area (Å²) in [6.45, 7) is 15.5. The zero-order valence-electron chi connectivity index (χ0n) is 30.4. The van der Waals surface area contributed by atoms with Crippen LogP contribution < -0.4 is 0 Å². The van der Waals surface area contributed by atoms with Crippen molar-refractivity contribution in [3.05, 3.63) is 0 Å². The smallest absolute Gasteiger partial charge is 0.309 e. The molecule has 9 unspecified atom stereocenters. The lowest BCUT2D eigenvalue weighted by molar-refractivity contribution is -0.253. The second kappa shape index (κ2) is 11.4. The van der Waals surface area contributed by atoms with Crippen LogP contribution >= 0.6 is 0 Å². The number of esters is 1. The van der Waals surface area contributed by atoms with E-state index in [0.717, 1.165) is 83.8 Å². The minimum atomic E-state index is -1.13. The van der Waals surface area contributed by atoms with Crippen molar-refractivity contribution in [1.29, 1.82) is 0 Å². The third-order valence-electron chi connectivity index (χ3n) is 16.8. The number of nitrogens with zero attached hydrogens (tertiary/aromatic N) is 1. The second-order valence-electron chi connectivity index (χ2n) is 19.6. The van der Waals surface area contributed by atoms with Crippen LogP contribution in [0.25, 0.3) is 0 Å². The Labute approximate surface area is 288 Å². The molecule has 3 heterocycles. The van der Waals surface area contributed by atoms with Crippen molar-refractivity contribution in [2.75, 3.05) is 32.9 Å². The van der Waals surface area contributed by atoms with Crippen LogP contribution in [0.15, 0.2) is 0 Å². The van der Waals surface area contributed by atoms with Crippen molar-refractivity contribution in [2.45, 2.75) is 160 Å². The Kier molecular flexibility index (Phi) is 7.83. The molecule has 9 rings (SSSR count). The maximum atomic E-state index is 12.9. The molecule has 8 heteroatoms. The fourth-order valence-corrected chi connectivity index (χ4v) is 13.9. The van der Waals surface area contributed by atoms with E-state index >= 15 is 0 Å². The van der Waals surface area contributed by atoms with Crippen molar-refractivity contribution in [3.8, 4) is 0 Å². The zero-order chi connectivity index (χ0) is 33.3. The maximum Gasteiger partial charge on any atom is 0.309 e. The number of aliphatic hydroxyl groups is 1. The number of fused-ring (bicyclic) bond motifs is 4. The van der Waals surface area contributed by atoms with Crippen LogP contribution in [-0.4, -0.2) is 91.2 Å². The molecule has 6 saturated carbocycles. The van der Waals surface area contributed by atoms with Gasteiger partial charge >= 0.3 is 5.97 Å². The molecule has 9 fully saturated rings. The van der Waals surface area contributed by atoms with Gasteiger partial charge in [-0.15, -0.1) is 0 Å². The third-order valence-corrected chi connectivity index (χ3v) is 16.8. The molecule has 3 aliphatic heterocycles. The van der Waals surface area contributed by atoms with Gasteiger partial charge in [0.15, 0.2) is 12.4 Å². The Hall–Kier alpha value is -0.770. The Bertz CT molecular complexity index is 1260. The minimum Gasteiger partial charge on any atom is -0.456 e. The lowest BCUT2D eigenvalue weighted by atomic mass is 9.46. The summed E-state index contributed by atoms with van der Waals surface area (Å²) in [4.78, 5) is 15.4. The predicted octanol–water partition coefficient (Wildman–Crippen LogP) is 6.12. The zero-order valence-corrected chi connectivity index (χ0v) is 30.4. The highest BCUT2D eigenvalue weighted by molar-refractivity contribution is 5.73. The Morgan fingerprint density at radius 3 is 2.44 bits per heavy atom. The maximum absolute atomic E-state index is 12.9. The van der Waals surface area contributed by atoms with E-state index in [1.165, 1.54) is 38.5 Å². The van der Waals surface area contributed by atoms with E-state index in [1.807, 2.05) is 0 Å². The van der Waals surface area contributed by atoms with E-state index in [2.05, 4.69) is 25.7 Å². The molecular formula is C40H63NO7. The molecule has 0 aromatic rings. The standard InChI is InChI=1S/C40H63NO7/c1-36(2)31-12-10-26-28-19-30-27(9-11-29(46-30)34(37(3,4)43)48-35(42)24-7-6-8-24)38(28,5)15-16-39(26)23-40(31,39)14-13-32(36)47-33-20-41(17-18-45-33)25-21-44-22-25/h24-34,43H,6-23H2,1-5H3/t26?,27?,28?,29?,30?,31?,32-,33?,34-,38?,39-,40?/m0/s1. The molecule has 0 radical (unpaired) electrons. The highest BCUT2D eigenvalue weighted by Gasteiger charge is 2.80. The number of hydrogen-bond acceptors (Lipinski definition) is 8. The Balaban J connectivity index is 0.886. The van der Waals surface area contributed by atoms with E-state index in [0.29, 0.717) is 40.0 Å². The SMILES string of the molecule is CC12CC[C@@]34CC35CC[C@H](OC3CN(C6COC6)CCO3)C(C)(C)C5CCC4C1CC1OC([C@H](OC(=O)C3CCC3)C(C)(C)O)CCC12. The minimum absolute atomic E-state index is 0.00156. The van der Waals surface area contributed by atoms with Gasteiger partial charge in [0.1, 0.15) is 0 Å². The molecule has 3 saturated heterocycles. The molecule has 8 nitrogen and oxygen atoms in total. The highest BCUT2D eigenvalue weighted by Crippen LogP contribution is 2.87. The number of carbonyl (C=O) groups excluding carboxylic acids is 1. The van der Waals surface area contributed by atoms with Gasteiger partial charge in [0, 0.05) is 6.54 Å². The summed E-state index contributed by atoms with van der Waals surface area (Å²) in [7, 11) is 0. The number of rotatable bonds is 7. The normalized spacial score (nSPS) is 49.2. The van der Waals surface area contributed by atoms with Crippen LogP contribution in [0.5, 0.6) is 0 Å². The molecule has 2 spiro atoms. The predicted molar refractivity (Wildman–Crippen MR) is 180 cm³/mol. The summed E-state index contributed by atoms with van der Waals surface area (Å²) in [6, 6.07) is 0.536. The number of morpholine rings is 1. The molecule has 0 amide bonds. The van der Waals surface area contributed by atoms with Gasteiger partial charge in [-0.25, -0.2) is 0 Å². The first-order valence-electron chi connectivity index (χ1n) is 20.0. The van der Waals surface area contributed by atoms with Crippen LogP contribution in [0.1, 0.15) is 118 Å². The van der Waals surface area contributed by atoms with Gasteiger partial charge in [0.25, 0.3) is 0 Å². The van der Waals surface area contributed by atoms with Crippen LogP contribution in [-0.2, 0) is 28.5 Å². The average molecular weight is 670 g/mol. The summed E-state index contributed by atoms with van der Waals surface area (Å²) in [5.41, 5.74) is 0.300. The average Bonchev–Trinajstić information content (AvgIpc) is 3.55. The summed E-state index contributed by atoms with van der Waals surface area (Å²) < 4.78 is 31.7. The quantitative estimate of drug-likeness (QED) is 0.325. The van der Waals surface area contributed by atoms with Gasteiger partial charge in [-0.3, -0.25) is 9.69 Å². The Morgan fingerprint density at radius 1 is 0.938 bits per heavy atom. The third kappa shape index (κ3) is 4.84. The molecule has 270 valence electrons. The molecule has 0 aromatic heterocycles.